The van der Waals surface area contributed by atoms with Gasteiger partial charge in [-0.15, -0.1) is 11.8 Å². The van der Waals surface area contributed by atoms with Crippen molar-refractivity contribution in [2.45, 2.75) is 30.8 Å². The van der Waals surface area contributed by atoms with Gasteiger partial charge >= 0.3 is 6.18 Å². The number of rotatable bonds is 7. The van der Waals surface area contributed by atoms with Crippen molar-refractivity contribution in [1.29, 1.82) is 0 Å². The second-order valence-electron chi connectivity index (χ2n) is 5.59. The van der Waals surface area contributed by atoms with Crippen LogP contribution in [0.5, 0.6) is 0 Å². The number of aliphatic imine (C=N–C) groups is 1. The van der Waals surface area contributed by atoms with Crippen molar-refractivity contribution < 1.29 is 13.2 Å². The number of alkyl halides is 3. The molecule has 0 radical (unpaired) electrons. The van der Waals surface area contributed by atoms with E-state index in [4.69, 9.17) is 0 Å². The Morgan fingerprint density at radius 3 is 2.38 bits per heavy atom. The largest absolute Gasteiger partial charge is 0.389 e. The van der Waals surface area contributed by atoms with Crippen molar-refractivity contribution in [3.8, 4) is 0 Å². The molecular formula is C20H20F3NS2. The number of nitrogens with zero attached hydrogens (tertiary/aromatic N) is 1. The molecule has 2 rings (SSSR count). The molecule has 0 atom stereocenters. The Labute approximate surface area is 160 Å². The van der Waals surface area contributed by atoms with Crippen molar-refractivity contribution in [2.24, 2.45) is 4.99 Å². The Kier molecular flexibility index (Phi) is 8.32. The molecule has 0 spiro atoms. The Morgan fingerprint density at radius 2 is 1.73 bits per heavy atom. The molecule has 0 aliphatic heterocycles. The molecule has 0 aromatic heterocycles. The van der Waals surface area contributed by atoms with Gasteiger partial charge in [0, 0.05) is 11.3 Å². The van der Waals surface area contributed by atoms with E-state index in [1.165, 1.54) is 11.8 Å². The molecular weight excluding hydrogens is 375 g/mol. The lowest BCUT2D eigenvalue weighted by molar-refractivity contribution is -0.134. The summed E-state index contributed by atoms with van der Waals surface area (Å²) < 4.78 is 36.9. The van der Waals surface area contributed by atoms with Crippen LogP contribution in [0.4, 0.5) is 18.9 Å². The number of aryl methyl sites for hydroxylation is 1. The van der Waals surface area contributed by atoms with E-state index in [-0.39, 0.29) is 6.42 Å². The van der Waals surface area contributed by atoms with Crippen molar-refractivity contribution >= 4 is 34.3 Å². The summed E-state index contributed by atoms with van der Waals surface area (Å²) in [6.07, 6.45) is -2.93. The maximum atomic E-state index is 12.3. The summed E-state index contributed by atoms with van der Waals surface area (Å²) in [4.78, 5) is 5.66. The number of hydrogen-bond donors (Lipinski definition) is 0. The lowest BCUT2D eigenvalue weighted by Crippen LogP contribution is -2.07. The molecule has 138 valence electrons. The minimum Gasteiger partial charge on any atom is -0.242 e. The highest BCUT2D eigenvalue weighted by Gasteiger charge is 2.25. The normalized spacial score (nSPS) is 12.7. The molecule has 0 saturated heterocycles. The van der Waals surface area contributed by atoms with Crippen molar-refractivity contribution in [1.82, 2.24) is 0 Å². The van der Waals surface area contributed by atoms with Gasteiger partial charge in [0.1, 0.15) is 0 Å². The first-order chi connectivity index (χ1) is 12.4. The molecule has 2 aromatic carbocycles. The van der Waals surface area contributed by atoms with Crippen molar-refractivity contribution in [2.75, 3.05) is 5.75 Å². The fourth-order valence-corrected chi connectivity index (χ4v) is 3.57. The minimum atomic E-state index is -4.10. The van der Waals surface area contributed by atoms with Gasteiger partial charge in [-0.05, 0) is 54.8 Å². The summed E-state index contributed by atoms with van der Waals surface area (Å²) in [5.74, 6) is 0.380. The topological polar surface area (TPSA) is 12.4 Å². The van der Waals surface area contributed by atoms with E-state index in [0.717, 1.165) is 16.1 Å². The second kappa shape index (κ2) is 10.5. The third-order valence-corrected chi connectivity index (χ3v) is 5.12. The lowest BCUT2D eigenvalue weighted by Gasteiger charge is -2.06. The molecule has 0 amide bonds. The van der Waals surface area contributed by atoms with Crippen LogP contribution in [0.3, 0.4) is 0 Å². The fraction of sp³-hybridized carbons (Fsp3) is 0.250. The zero-order valence-corrected chi connectivity index (χ0v) is 16.0. The van der Waals surface area contributed by atoms with E-state index in [2.05, 4.69) is 4.99 Å². The van der Waals surface area contributed by atoms with Crippen LogP contribution < -0.4 is 0 Å². The highest BCUT2D eigenvalue weighted by atomic mass is 32.2. The van der Waals surface area contributed by atoms with Gasteiger partial charge in [0.2, 0.25) is 0 Å². The average molecular weight is 396 g/mol. The monoisotopic (exact) mass is 395 g/mol. The summed E-state index contributed by atoms with van der Waals surface area (Å²) in [5, 5.41) is 2.62. The van der Waals surface area contributed by atoms with Crippen LogP contribution in [-0.2, 0) is 0 Å². The summed E-state index contributed by atoms with van der Waals surface area (Å²) in [5.41, 5.74) is 1.93. The maximum Gasteiger partial charge on any atom is 0.389 e. The van der Waals surface area contributed by atoms with E-state index in [9.17, 15) is 13.2 Å². The molecule has 0 unspecified atom stereocenters. The second-order valence-corrected chi connectivity index (χ2v) is 7.68. The Morgan fingerprint density at radius 1 is 1.04 bits per heavy atom. The molecule has 26 heavy (non-hydrogen) atoms. The van der Waals surface area contributed by atoms with Gasteiger partial charge in [-0.3, -0.25) is 0 Å². The highest BCUT2D eigenvalue weighted by molar-refractivity contribution is 8.14. The summed E-state index contributed by atoms with van der Waals surface area (Å²) in [6.45, 7) is 2.00. The summed E-state index contributed by atoms with van der Waals surface area (Å²) >= 11 is 2.90. The zero-order valence-electron chi connectivity index (χ0n) is 14.4. The molecule has 0 fully saturated rings. The smallest absolute Gasteiger partial charge is 0.242 e. The predicted octanol–water partition coefficient (Wildman–Crippen LogP) is 7.41. The van der Waals surface area contributed by atoms with Crippen LogP contribution in [0.25, 0.3) is 0 Å². The first kappa shape index (κ1) is 20.6. The van der Waals surface area contributed by atoms with Gasteiger partial charge in [-0.25, -0.2) is 4.99 Å². The standard InChI is InChI=1S/C20H20F3NS2/c1-16-8-10-17(11-9-16)24-19(26-14-5-13-20(21,22)23)12-15-25-18-6-3-2-4-7-18/h2-4,6-12,15H,5,13-14H2,1H3. The highest BCUT2D eigenvalue weighted by Crippen LogP contribution is 2.25. The van der Waals surface area contributed by atoms with E-state index < -0.39 is 12.6 Å². The number of benzene rings is 2. The van der Waals surface area contributed by atoms with Crippen LogP contribution in [0.15, 0.2) is 76.0 Å². The SMILES string of the molecule is Cc1ccc(N=C(C=CSc2ccccc2)SCCCC(F)(F)F)cc1. The predicted molar refractivity (Wildman–Crippen MR) is 107 cm³/mol. The summed E-state index contributed by atoms with van der Waals surface area (Å²) in [7, 11) is 0. The van der Waals surface area contributed by atoms with Crippen LogP contribution in [0, 0.1) is 6.92 Å². The van der Waals surface area contributed by atoms with Gasteiger partial charge in [0.05, 0.1) is 10.7 Å². The van der Waals surface area contributed by atoms with Crippen LogP contribution >= 0.6 is 23.5 Å². The lowest BCUT2D eigenvalue weighted by atomic mass is 10.2. The Hall–Kier alpha value is -1.66. The van der Waals surface area contributed by atoms with E-state index in [1.807, 2.05) is 73.0 Å². The average Bonchev–Trinajstić information content (AvgIpc) is 2.60. The van der Waals surface area contributed by atoms with E-state index in [0.29, 0.717) is 10.8 Å². The molecule has 6 heteroatoms. The van der Waals surface area contributed by atoms with Gasteiger partial charge < -0.3 is 0 Å². The van der Waals surface area contributed by atoms with Crippen LogP contribution in [-0.4, -0.2) is 17.0 Å². The Balaban J connectivity index is 2.01. The van der Waals surface area contributed by atoms with E-state index >= 15 is 0 Å². The third-order valence-electron chi connectivity index (χ3n) is 3.29. The third kappa shape index (κ3) is 8.63. The molecule has 0 saturated carbocycles. The van der Waals surface area contributed by atoms with Gasteiger partial charge in [0.15, 0.2) is 0 Å². The first-order valence-electron chi connectivity index (χ1n) is 8.15. The molecule has 2 aromatic rings. The molecule has 0 heterocycles. The molecule has 0 N–H and O–H groups in total. The summed E-state index contributed by atoms with van der Waals surface area (Å²) in [6, 6.07) is 17.6. The fourth-order valence-electron chi connectivity index (χ4n) is 1.98. The van der Waals surface area contributed by atoms with Crippen LogP contribution in [0.2, 0.25) is 0 Å². The Bertz CT molecular complexity index is 723. The number of halogens is 3. The molecule has 1 nitrogen and oxygen atoms in total. The minimum absolute atomic E-state index is 0.0841. The van der Waals surface area contributed by atoms with Crippen molar-refractivity contribution in [3.63, 3.8) is 0 Å². The van der Waals surface area contributed by atoms with Gasteiger partial charge in [0.25, 0.3) is 0 Å². The first-order valence-corrected chi connectivity index (χ1v) is 10.0. The zero-order chi connectivity index (χ0) is 18.8. The molecule has 0 bridgehead atoms. The van der Waals surface area contributed by atoms with E-state index in [1.54, 1.807) is 11.8 Å². The van der Waals surface area contributed by atoms with Gasteiger partial charge in [-0.1, -0.05) is 47.7 Å². The maximum absolute atomic E-state index is 12.3. The quantitative estimate of drug-likeness (QED) is 0.209. The van der Waals surface area contributed by atoms with Crippen LogP contribution in [0.1, 0.15) is 18.4 Å². The number of hydrogen-bond acceptors (Lipinski definition) is 3. The molecule has 0 aliphatic carbocycles. The number of thioether (sulfide) groups is 2. The van der Waals surface area contributed by atoms with Crippen molar-refractivity contribution in [3.05, 3.63) is 71.6 Å². The molecule has 0 aliphatic rings. The van der Waals surface area contributed by atoms with Gasteiger partial charge in [-0.2, -0.15) is 13.2 Å².